The summed E-state index contributed by atoms with van der Waals surface area (Å²) in [6, 6.07) is 8.62. The van der Waals surface area contributed by atoms with Crippen molar-refractivity contribution in [2.45, 2.75) is 17.2 Å². The smallest absolute Gasteiger partial charge is 0.250 e. The zero-order valence-corrected chi connectivity index (χ0v) is 14.3. The molecule has 0 spiro atoms. The molecule has 9 heteroatoms. The molecule has 1 aromatic heterocycles. The number of carbonyl (C=O) groups is 1. The molecule has 0 saturated heterocycles. The number of carbonyl (C=O) groups excluding carboxylic acids is 1. The molecule has 0 aliphatic carbocycles. The van der Waals surface area contributed by atoms with Crippen molar-refractivity contribution in [3.8, 4) is 11.5 Å². The van der Waals surface area contributed by atoms with Crippen LogP contribution in [0.3, 0.4) is 0 Å². The molecule has 0 atom stereocenters. The SMILES string of the molecule is O=C(CCNS(=O)(=O)c1cccs1)NCc1ccc2c(c1)OCO2. The molecule has 1 aromatic carbocycles. The zero-order chi connectivity index (χ0) is 17.0. The first kappa shape index (κ1) is 16.7. The Bertz CT molecular complexity index is 818. The lowest BCUT2D eigenvalue weighted by molar-refractivity contribution is -0.121. The first-order chi connectivity index (χ1) is 11.5. The van der Waals surface area contributed by atoms with Crippen molar-refractivity contribution >= 4 is 27.3 Å². The number of hydrogen-bond acceptors (Lipinski definition) is 6. The van der Waals surface area contributed by atoms with Gasteiger partial charge in [-0.25, -0.2) is 13.1 Å². The van der Waals surface area contributed by atoms with Crippen molar-refractivity contribution in [1.82, 2.24) is 10.0 Å². The van der Waals surface area contributed by atoms with Crippen molar-refractivity contribution in [2.75, 3.05) is 13.3 Å². The monoisotopic (exact) mass is 368 g/mol. The van der Waals surface area contributed by atoms with Crippen LogP contribution in [0.15, 0.2) is 39.9 Å². The van der Waals surface area contributed by atoms with Gasteiger partial charge in [-0.15, -0.1) is 11.3 Å². The molecule has 0 unspecified atom stereocenters. The average Bonchev–Trinajstić information content (AvgIpc) is 3.23. The first-order valence-corrected chi connectivity index (χ1v) is 9.59. The van der Waals surface area contributed by atoms with Crippen molar-refractivity contribution in [3.63, 3.8) is 0 Å². The Hall–Kier alpha value is -2.10. The van der Waals surface area contributed by atoms with Gasteiger partial charge >= 0.3 is 0 Å². The Morgan fingerprint density at radius 3 is 2.83 bits per heavy atom. The number of thiophene rings is 1. The Balaban J connectivity index is 1.43. The molecule has 1 aliphatic rings. The van der Waals surface area contributed by atoms with Crippen LogP contribution in [0.4, 0.5) is 0 Å². The standard InChI is InChI=1S/C15H16N2O5S2/c18-14(5-6-17-24(19,20)15-2-1-7-23-15)16-9-11-3-4-12-13(8-11)22-10-21-12/h1-4,7-8,17H,5-6,9-10H2,(H,16,18). The summed E-state index contributed by atoms with van der Waals surface area (Å²) in [7, 11) is -3.53. The third-order valence-electron chi connectivity index (χ3n) is 3.33. The molecular weight excluding hydrogens is 352 g/mol. The Morgan fingerprint density at radius 2 is 2.04 bits per heavy atom. The van der Waals surface area contributed by atoms with E-state index in [-0.39, 0.29) is 29.9 Å². The highest BCUT2D eigenvalue weighted by atomic mass is 32.2. The van der Waals surface area contributed by atoms with Gasteiger partial charge in [0.1, 0.15) is 4.21 Å². The van der Waals surface area contributed by atoms with Gasteiger partial charge in [0.25, 0.3) is 0 Å². The molecule has 24 heavy (non-hydrogen) atoms. The van der Waals surface area contributed by atoms with Crippen LogP contribution in [0.2, 0.25) is 0 Å². The maximum Gasteiger partial charge on any atom is 0.250 e. The summed E-state index contributed by atoms with van der Waals surface area (Å²) < 4.78 is 37.0. The van der Waals surface area contributed by atoms with E-state index in [1.807, 2.05) is 12.1 Å². The first-order valence-electron chi connectivity index (χ1n) is 7.23. The third-order valence-corrected chi connectivity index (χ3v) is 6.19. The van der Waals surface area contributed by atoms with Gasteiger partial charge in [0.15, 0.2) is 11.5 Å². The van der Waals surface area contributed by atoms with E-state index in [0.29, 0.717) is 18.0 Å². The van der Waals surface area contributed by atoms with Gasteiger partial charge in [-0.1, -0.05) is 12.1 Å². The summed E-state index contributed by atoms with van der Waals surface area (Å²) in [5.74, 6) is 1.11. The summed E-state index contributed by atoms with van der Waals surface area (Å²) in [5, 5.41) is 4.43. The fourth-order valence-corrected chi connectivity index (χ4v) is 4.20. The van der Waals surface area contributed by atoms with Crippen molar-refractivity contribution in [1.29, 1.82) is 0 Å². The highest BCUT2D eigenvalue weighted by Gasteiger charge is 2.15. The largest absolute Gasteiger partial charge is 0.454 e. The fourth-order valence-electron chi connectivity index (χ4n) is 2.13. The third kappa shape index (κ3) is 4.05. The minimum atomic E-state index is -3.53. The van der Waals surface area contributed by atoms with Crippen molar-refractivity contribution < 1.29 is 22.7 Å². The summed E-state index contributed by atoms with van der Waals surface area (Å²) in [5.41, 5.74) is 0.881. The van der Waals surface area contributed by atoms with Gasteiger partial charge < -0.3 is 14.8 Å². The van der Waals surface area contributed by atoms with E-state index < -0.39 is 10.0 Å². The quantitative estimate of drug-likeness (QED) is 0.772. The molecule has 7 nitrogen and oxygen atoms in total. The number of hydrogen-bond donors (Lipinski definition) is 2. The summed E-state index contributed by atoms with van der Waals surface area (Å²) in [6.45, 7) is 0.593. The predicted octanol–water partition coefficient (Wildman–Crippen LogP) is 1.46. The van der Waals surface area contributed by atoms with Gasteiger partial charge in [-0.2, -0.15) is 0 Å². The fraction of sp³-hybridized carbons (Fsp3) is 0.267. The second-order valence-electron chi connectivity index (χ2n) is 5.04. The summed E-state index contributed by atoms with van der Waals surface area (Å²) >= 11 is 1.13. The number of nitrogens with one attached hydrogen (secondary N) is 2. The highest BCUT2D eigenvalue weighted by molar-refractivity contribution is 7.91. The molecule has 0 bridgehead atoms. The van der Waals surface area contributed by atoms with Crippen molar-refractivity contribution in [2.24, 2.45) is 0 Å². The topological polar surface area (TPSA) is 93.7 Å². The maximum absolute atomic E-state index is 11.9. The second kappa shape index (κ2) is 7.20. The summed E-state index contributed by atoms with van der Waals surface area (Å²) in [4.78, 5) is 11.8. The summed E-state index contributed by atoms with van der Waals surface area (Å²) in [6.07, 6.45) is 0.0646. The van der Waals surface area contributed by atoms with Crippen LogP contribution in [-0.2, 0) is 21.4 Å². The van der Waals surface area contributed by atoms with E-state index in [1.54, 1.807) is 17.5 Å². The number of ether oxygens (including phenoxy) is 2. The number of amides is 1. The van der Waals surface area contributed by atoms with Crippen LogP contribution in [0.5, 0.6) is 11.5 Å². The molecule has 2 aromatic rings. The molecule has 1 aliphatic heterocycles. The lowest BCUT2D eigenvalue weighted by atomic mass is 10.2. The number of rotatable bonds is 7. The van der Waals surface area contributed by atoms with E-state index in [2.05, 4.69) is 10.0 Å². The van der Waals surface area contributed by atoms with Crippen LogP contribution >= 0.6 is 11.3 Å². The highest BCUT2D eigenvalue weighted by Crippen LogP contribution is 2.32. The molecule has 1 amide bonds. The Kier molecular flexibility index (Phi) is 5.03. The number of benzene rings is 1. The van der Waals surface area contributed by atoms with E-state index in [0.717, 1.165) is 16.9 Å². The Labute approximate surface area is 143 Å². The molecular formula is C15H16N2O5S2. The van der Waals surface area contributed by atoms with Crippen molar-refractivity contribution in [3.05, 3.63) is 41.3 Å². The second-order valence-corrected chi connectivity index (χ2v) is 7.99. The predicted molar refractivity (Wildman–Crippen MR) is 88.5 cm³/mol. The van der Waals surface area contributed by atoms with Gasteiger partial charge in [0.2, 0.25) is 22.7 Å². The molecule has 128 valence electrons. The average molecular weight is 368 g/mol. The molecule has 2 N–H and O–H groups in total. The van der Waals surface area contributed by atoms with Crippen LogP contribution < -0.4 is 19.5 Å². The van der Waals surface area contributed by atoms with Crippen LogP contribution in [0.25, 0.3) is 0 Å². The van der Waals surface area contributed by atoms with Gasteiger partial charge in [0.05, 0.1) is 0 Å². The van der Waals surface area contributed by atoms with Gasteiger partial charge in [-0.05, 0) is 29.1 Å². The number of fused-ring (bicyclic) bond motifs is 1. The molecule has 0 radical (unpaired) electrons. The molecule has 0 fully saturated rings. The normalized spacial score (nSPS) is 13.0. The minimum absolute atomic E-state index is 0.0488. The van der Waals surface area contributed by atoms with E-state index in [4.69, 9.17) is 9.47 Å². The van der Waals surface area contributed by atoms with Crippen LogP contribution in [0, 0.1) is 0 Å². The lowest BCUT2D eigenvalue weighted by Crippen LogP contribution is -2.30. The molecule has 3 rings (SSSR count). The van der Waals surface area contributed by atoms with E-state index in [1.165, 1.54) is 6.07 Å². The molecule has 2 heterocycles. The van der Waals surface area contributed by atoms with Gasteiger partial charge in [0, 0.05) is 19.5 Å². The minimum Gasteiger partial charge on any atom is -0.454 e. The number of sulfonamides is 1. The zero-order valence-electron chi connectivity index (χ0n) is 12.7. The van der Waals surface area contributed by atoms with E-state index in [9.17, 15) is 13.2 Å². The lowest BCUT2D eigenvalue weighted by Gasteiger charge is -2.07. The van der Waals surface area contributed by atoms with Crippen LogP contribution in [0.1, 0.15) is 12.0 Å². The Morgan fingerprint density at radius 1 is 1.21 bits per heavy atom. The van der Waals surface area contributed by atoms with Crippen LogP contribution in [-0.4, -0.2) is 27.7 Å². The maximum atomic E-state index is 11.9. The van der Waals surface area contributed by atoms with Gasteiger partial charge in [-0.3, -0.25) is 4.79 Å². The molecule has 0 saturated carbocycles. The van der Waals surface area contributed by atoms with E-state index >= 15 is 0 Å².